The molecule has 0 saturated carbocycles. The molecule has 2 aromatic carbocycles. The van der Waals surface area contributed by atoms with Crippen LogP contribution in [0.15, 0.2) is 48.7 Å². The standard InChI is InChI=1S/C16H15ClN2/c1-11-9-13(17)5-6-15(11)19-10-12-3-2-4-16-14(12)7-8-18-16/h2-9,18-19H,10H2,1H3. The molecule has 3 heteroatoms. The lowest BCUT2D eigenvalue weighted by atomic mass is 10.1. The van der Waals surface area contributed by atoms with Crippen LogP contribution in [0.1, 0.15) is 11.1 Å². The Labute approximate surface area is 117 Å². The van der Waals surface area contributed by atoms with Gasteiger partial charge in [-0.15, -0.1) is 0 Å². The minimum Gasteiger partial charge on any atom is -0.381 e. The van der Waals surface area contributed by atoms with Crippen LogP contribution in [0.3, 0.4) is 0 Å². The van der Waals surface area contributed by atoms with E-state index in [-0.39, 0.29) is 0 Å². The Kier molecular flexibility index (Phi) is 3.18. The number of aryl methyl sites for hydroxylation is 1. The van der Waals surface area contributed by atoms with Crippen LogP contribution in [0.25, 0.3) is 10.9 Å². The molecule has 1 heterocycles. The summed E-state index contributed by atoms with van der Waals surface area (Å²) >= 11 is 5.97. The van der Waals surface area contributed by atoms with Gasteiger partial charge in [0.15, 0.2) is 0 Å². The van der Waals surface area contributed by atoms with Gasteiger partial charge >= 0.3 is 0 Å². The Morgan fingerprint density at radius 2 is 2.05 bits per heavy atom. The molecule has 0 atom stereocenters. The maximum atomic E-state index is 5.97. The third-order valence-electron chi connectivity index (χ3n) is 3.34. The first-order valence-corrected chi connectivity index (χ1v) is 6.67. The lowest BCUT2D eigenvalue weighted by Gasteiger charge is -2.10. The zero-order chi connectivity index (χ0) is 13.2. The second-order valence-electron chi connectivity index (χ2n) is 4.67. The maximum absolute atomic E-state index is 5.97. The highest BCUT2D eigenvalue weighted by molar-refractivity contribution is 6.30. The molecule has 0 fully saturated rings. The Bertz CT molecular complexity index is 716. The zero-order valence-corrected chi connectivity index (χ0v) is 11.5. The van der Waals surface area contributed by atoms with Gasteiger partial charge in [0.1, 0.15) is 0 Å². The highest BCUT2D eigenvalue weighted by Crippen LogP contribution is 2.22. The number of aromatic amines is 1. The number of hydrogen-bond donors (Lipinski definition) is 2. The summed E-state index contributed by atoms with van der Waals surface area (Å²) in [5.41, 5.74) is 4.74. The van der Waals surface area contributed by atoms with E-state index in [1.807, 2.05) is 24.4 Å². The average molecular weight is 271 g/mol. The smallest absolute Gasteiger partial charge is 0.0457 e. The minimum atomic E-state index is 0.774. The monoisotopic (exact) mass is 270 g/mol. The summed E-state index contributed by atoms with van der Waals surface area (Å²) in [4.78, 5) is 3.23. The van der Waals surface area contributed by atoms with Crippen LogP contribution in [-0.4, -0.2) is 4.98 Å². The van der Waals surface area contributed by atoms with Crippen molar-refractivity contribution in [2.24, 2.45) is 0 Å². The molecular formula is C16H15ClN2. The molecule has 19 heavy (non-hydrogen) atoms. The van der Waals surface area contributed by atoms with E-state index in [4.69, 9.17) is 11.6 Å². The van der Waals surface area contributed by atoms with Gasteiger partial charge in [0, 0.05) is 34.4 Å². The first kappa shape index (κ1) is 12.1. The molecule has 0 aliphatic rings. The molecule has 0 aliphatic carbocycles. The molecule has 0 spiro atoms. The first-order chi connectivity index (χ1) is 9.24. The van der Waals surface area contributed by atoms with Gasteiger partial charge in [0.25, 0.3) is 0 Å². The fourth-order valence-electron chi connectivity index (χ4n) is 2.32. The lowest BCUT2D eigenvalue weighted by Crippen LogP contribution is -2.01. The summed E-state index contributed by atoms with van der Waals surface area (Å²) in [7, 11) is 0. The Hall–Kier alpha value is -1.93. The van der Waals surface area contributed by atoms with E-state index in [2.05, 4.69) is 41.5 Å². The van der Waals surface area contributed by atoms with Crippen LogP contribution in [0.2, 0.25) is 5.02 Å². The fourth-order valence-corrected chi connectivity index (χ4v) is 2.55. The molecule has 1 aromatic heterocycles. The highest BCUT2D eigenvalue weighted by atomic mass is 35.5. The SMILES string of the molecule is Cc1cc(Cl)ccc1NCc1cccc2[nH]ccc12. The molecule has 0 bridgehead atoms. The molecule has 2 N–H and O–H groups in total. The summed E-state index contributed by atoms with van der Waals surface area (Å²) in [6.45, 7) is 2.86. The molecular weight excluding hydrogens is 256 g/mol. The number of nitrogens with one attached hydrogen (secondary N) is 2. The van der Waals surface area contributed by atoms with Crippen molar-refractivity contribution in [2.45, 2.75) is 13.5 Å². The summed E-state index contributed by atoms with van der Waals surface area (Å²) < 4.78 is 0. The summed E-state index contributed by atoms with van der Waals surface area (Å²) in [6.07, 6.45) is 1.97. The van der Waals surface area contributed by atoms with Crippen molar-refractivity contribution in [1.29, 1.82) is 0 Å². The van der Waals surface area contributed by atoms with Crippen LogP contribution < -0.4 is 5.32 Å². The summed E-state index contributed by atoms with van der Waals surface area (Å²) in [6, 6.07) is 14.3. The molecule has 2 nitrogen and oxygen atoms in total. The van der Waals surface area contributed by atoms with E-state index >= 15 is 0 Å². The van der Waals surface area contributed by atoms with Gasteiger partial charge < -0.3 is 10.3 Å². The van der Waals surface area contributed by atoms with Gasteiger partial charge in [-0.3, -0.25) is 0 Å². The molecule has 0 saturated heterocycles. The van der Waals surface area contributed by atoms with Crippen molar-refractivity contribution in [2.75, 3.05) is 5.32 Å². The van der Waals surface area contributed by atoms with Crippen molar-refractivity contribution in [1.82, 2.24) is 4.98 Å². The second-order valence-corrected chi connectivity index (χ2v) is 5.11. The first-order valence-electron chi connectivity index (χ1n) is 6.29. The molecule has 3 aromatic rings. The Morgan fingerprint density at radius 1 is 1.16 bits per heavy atom. The average Bonchev–Trinajstić information content (AvgIpc) is 2.86. The number of aromatic nitrogens is 1. The van der Waals surface area contributed by atoms with Crippen molar-refractivity contribution < 1.29 is 0 Å². The van der Waals surface area contributed by atoms with Crippen LogP contribution in [0, 0.1) is 6.92 Å². The van der Waals surface area contributed by atoms with Gasteiger partial charge in [-0.1, -0.05) is 23.7 Å². The van der Waals surface area contributed by atoms with Crippen LogP contribution in [0.4, 0.5) is 5.69 Å². The van der Waals surface area contributed by atoms with E-state index in [0.717, 1.165) is 22.8 Å². The molecule has 3 rings (SSSR count). The molecule has 96 valence electrons. The van der Waals surface area contributed by atoms with E-state index < -0.39 is 0 Å². The van der Waals surface area contributed by atoms with Gasteiger partial charge in [0.2, 0.25) is 0 Å². The van der Waals surface area contributed by atoms with Gasteiger partial charge in [-0.2, -0.15) is 0 Å². The van der Waals surface area contributed by atoms with Crippen molar-refractivity contribution in [3.8, 4) is 0 Å². The lowest BCUT2D eigenvalue weighted by molar-refractivity contribution is 1.16. The van der Waals surface area contributed by atoms with Gasteiger partial charge in [-0.05, 0) is 48.4 Å². The third kappa shape index (κ3) is 2.45. The summed E-state index contributed by atoms with van der Waals surface area (Å²) in [5.74, 6) is 0. The maximum Gasteiger partial charge on any atom is 0.0457 e. The van der Waals surface area contributed by atoms with Crippen molar-refractivity contribution in [3.05, 3.63) is 64.8 Å². The number of anilines is 1. The molecule has 0 aliphatic heterocycles. The van der Waals surface area contributed by atoms with Crippen LogP contribution >= 0.6 is 11.6 Å². The minimum absolute atomic E-state index is 0.774. The normalized spacial score (nSPS) is 10.8. The van der Waals surface area contributed by atoms with Crippen LogP contribution in [-0.2, 0) is 6.54 Å². The third-order valence-corrected chi connectivity index (χ3v) is 3.58. The predicted molar refractivity (Wildman–Crippen MR) is 81.8 cm³/mol. The van der Waals surface area contributed by atoms with E-state index in [1.165, 1.54) is 16.5 Å². The largest absolute Gasteiger partial charge is 0.381 e. The van der Waals surface area contributed by atoms with Crippen molar-refractivity contribution in [3.63, 3.8) is 0 Å². The van der Waals surface area contributed by atoms with Crippen LogP contribution in [0.5, 0.6) is 0 Å². The number of hydrogen-bond acceptors (Lipinski definition) is 1. The van der Waals surface area contributed by atoms with E-state index in [0.29, 0.717) is 0 Å². The second kappa shape index (κ2) is 4.98. The van der Waals surface area contributed by atoms with E-state index in [1.54, 1.807) is 0 Å². The Morgan fingerprint density at radius 3 is 2.89 bits per heavy atom. The quantitative estimate of drug-likeness (QED) is 0.707. The molecule has 0 amide bonds. The highest BCUT2D eigenvalue weighted by Gasteiger charge is 2.03. The number of fused-ring (bicyclic) bond motifs is 1. The van der Waals surface area contributed by atoms with E-state index in [9.17, 15) is 0 Å². The van der Waals surface area contributed by atoms with Crippen molar-refractivity contribution >= 4 is 28.2 Å². The predicted octanol–water partition coefficient (Wildman–Crippen LogP) is 4.74. The zero-order valence-electron chi connectivity index (χ0n) is 10.7. The number of rotatable bonds is 3. The molecule has 0 unspecified atom stereocenters. The van der Waals surface area contributed by atoms with Gasteiger partial charge in [0.05, 0.1) is 0 Å². The number of H-pyrrole nitrogens is 1. The molecule has 0 radical (unpaired) electrons. The fraction of sp³-hybridized carbons (Fsp3) is 0.125. The summed E-state index contributed by atoms with van der Waals surface area (Å²) in [5, 5.41) is 5.51. The Balaban J connectivity index is 1.84. The number of benzene rings is 2. The van der Waals surface area contributed by atoms with Gasteiger partial charge in [-0.25, -0.2) is 0 Å². The number of halogens is 1. The topological polar surface area (TPSA) is 27.8 Å².